The van der Waals surface area contributed by atoms with Crippen molar-refractivity contribution in [1.29, 1.82) is 0 Å². The van der Waals surface area contributed by atoms with Crippen molar-refractivity contribution in [1.82, 2.24) is 15.1 Å². The van der Waals surface area contributed by atoms with Crippen molar-refractivity contribution in [3.05, 3.63) is 17.5 Å². The van der Waals surface area contributed by atoms with Gasteiger partial charge in [-0.3, -0.25) is 9.89 Å². The van der Waals surface area contributed by atoms with Gasteiger partial charge in [0.25, 0.3) is 0 Å². The molecule has 1 amide bonds. The summed E-state index contributed by atoms with van der Waals surface area (Å²) in [6.07, 6.45) is 10.8. The van der Waals surface area contributed by atoms with Crippen LogP contribution in [0, 0.1) is 11.8 Å². The molecule has 1 saturated carbocycles. The molecule has 2 N–H and O–H groups in total. The van der Waals surface area contributed by atoms with Crippen molar-refractivity contribution in [2.75, 3.05) is 19.7 Å². The fourth-order valence-corrected chi connectivity index (χ4v) is 3.97. The van der Waals surface area contributed by atoms with E-state index < -0.39 is 0 Å². The predicted octanol–water partition coefficient (Wildman–Crippen LogP) is 1.92. The van der Waals surface area contributed by atoms with Crippen molar-refractivity contribution in [3.63, 3.8) is 0 Å². The number of aliphatic hydroxyl groups excluding tert-OH is 1. The molecule has 1 fully saturated rings. The summed E-state index contributed by atoms with van der Waals surface area (Å²) in [7, 11) is 0. The zero-order chi connectivity index (χ0) is 15.4. The molecule has 122 valence electrons. The van der Waals surface area contributed by atoms with Crippen LogP contribution >= 0.6 is 0 Å². The van der Waals surface area contributed by atoms with Gasteiger partial charge >= 0.3 is 0 Å². The van der Waals surface area contributed by atoms with Gasteiger partial charge in [0.15, 0.2) is 0 Å². The molecule has 5 nitrogen and oxygen atoms in total. The molecule has 2 aliphatic rings. The SMILES string of the molecule is O=C([C@@H]1CCc2cn[nH]c2C1)N(CCO)CC1CCCCC1. The summed E-state index contributed by atoms with van der Waals surface area (Å²) in [6.45, 7) is 1.36. The molecule has 3 rings (SSSR count). The number of carbonyl (C=O) groups is 1. The Morgan fingerprint density at radius 2 is 2.14 bits per heavy atom. The van der Waals surface area contributed by atoms with E-state index in [4.69, 9.17) is 0 Å². The Balaban J connectivity index is 1.62. The third-order valence-corrected chi connectivity index (χ3v) is 5.25. The van der Waals surface area contributed by atoms with Gasteiger partial charge in [0.05, 0.1) is 12.8 Å². The van der Waals surface area contributed by atoms with Crippen LogP contribution in [0.1, 0.15) is 49.8 Å². The van der Waals surface area contributed by atoms with Gasteiger partial charge in [-0.05, 0) is 37.2 Å². The highest BCUT2D eigenvalue weighted by molar-refractivity contribution is 5.79. The average molecular weight is 305 g/mol. The molecule has 1 aromatic heterocycles. The van der Waals surface area contributed by atoms with E-state index in [2.05, 4.69) is 10.2 Å². The fourth-order valence-electron chi connectivity index (χ4n) is 3.97. The zero-order valence-electron chi connectivity index (χ0n) is 13.3. The van der Waals surface area contributed by atoms with Gasteiger partial charge in [0, 0.05) is 31.1 Å². The van der Waals surface area contributed by atoms with Crippen molar-refractivity contribution in [3.8, 4) is 0 Å². The number of rotatable bonds is 5. The third-order valence-electron chi connectivity index (χ3n) is 5.25. The number of H-pyrrole nitrogens is 1. The number of nitrogens with one attached hydrogen (secondary N) is 1. The molecule has 0 bridgehead atoms. The highest BCUT2D eigenvalue weighted by Crippen LogP contribution is 2.28. The highest BCUT2D eigenvalue weighted by Gasteiger charge is 2.30. The zero-order valence-corrected chi connectivity index (χ0v) is 13.3. The van der Waals surface area contributed by atoms with Crippen LogP contribution < -0.4 is 0 Å². The number of hydrogen-bond donors (Lipinski definition) is 2. The molecule has 5 heteroatoms. The number of hydrogen-bond acceptors (Lipinski definition) is 3. The minimum atomic E-state index is 0.0445. The second-order valence-electron chi connectivity index (χ2n) is 6.83. The van der Waals surface area contributed by atoms with E-state index in [0.717, 1.165) is 31.5 Å². The maximum Gasteiger partial charge on any atom is 0.226 e. The molecule has 22 heavy (non-hydrogen) atoms. The number of fused-ring (bicyclic) bond motifs is 1. The van der Waals surface area contributed by atoms with E-state index >= 15 is 0 Å². The second kappa shape index (κ2) is 7.27. The van der Waals surface area contributed by atoms with Crippen molar-refractivity contribution >= 4 is 5.91 Å². The van der Waals surface area contributed by atoms with Crippen LogP contribution in [0.3, 0.4) is 0 Å². The van der Waals surface area contributed by atoms with E-state index in [1.807, 2.05) is 11.1 Å². The molecule has 1 atom stereocenters. The average Bonchev–Trinajstić information content (AvgIpc) is 3.02. The summed E-state index contributed by atoms with van der Waals surface area (Å²) in [5.74, 6) is 0.888. The first kappa shape index (κ1) is 15.5. The van der Waals surface area contributed by atoms with Gasteiger partial charge in [-0.2, -0.15) is 5.10 Å². The van der Waals surface area contributed by atoms with Crippen molar-refractivity contribution < 1.29 is 9.90 Å². The summed E-state index contributed by atoms with van der Waals surface area (Å²) < 4.78 is 0. The molecule has 0 saturated heterocycles. The van der Waals surface area contributed by atoms with E-state index in [1.165, 1.54) is 37.7 Å². The number of amides is 1. The molecule has 0 unspecified atom stereocenters. The lowest BCUT2D eigenvalue weighted by molar-refractivity contribution is -0.137. The molecule has 0 spiro atoms. The molecular formula is C17H27N3O2. The van der Waals surface area contributed by atoms with Gasteiger partial charge in [0.1, 0.15) is 0 Å². The standard InChI is InChI=1S/C17H27N3O2/c21-9-8-20(12-13-4-2-1-3-5-13)17(22)14-6-7-15-11-18-19-16(15)10-14/h11,13-14,21H,1-10,12H2,(H,18,19)/t14-/m1/s1. The predicted molar refractivity (Wildman–Crippen MR) is 84.3 cm³/mol. The topological polar surface area (TPSA) is 69.2 Å². The molecule has 1 aromatic rings. The summed E-state index contributed by atoms with van der Waals surface area (Å²) in [5, 5.41) is 16.4. The number of carbonyl (C=O) groups excluding carboxylic acids is 1. The molecule has 1 heterocycles. The van der Waals surface area contributed by atoms with E-state index in [-0.39, 0.29) is 18.4 Å². The van der Waals surface area contributed by atoms with Gasteiger partial charge in [-0.15, -0.1) is 0 Å². The Morgan fingerprint density at radius 1 is 1.32 bits per heavy atom. The van der Waals surface area contributed by atoms with Crippen LogP contribution in [0.25, 0.3) is 0 Å². The first-order chi connectivity index (χ1) is 10.8. The molecule has 0 aromatic carbocycles. The number of aromatic amines is 1. The van der Waals surface area contributed by atoms with Crippen molar-refractivity contribution in [2.45, 2.75) is 51.4 Å². The molecule has 0 aliphatic heterocycles. The largest absolute Gasteiger partial charge is 0.395 e. The number of nitrogens with zero attached hydrogens (tertiary/aromatic N) is 2. The second-order valence-corrected chi connectivity index (χ2v) is 6.83. The first-order valence-electron chi connectivity index (χ1n) is 8.68. The van der Waals surface area contributed by atoms with Crippen LogP contribution in [0.5, 0.6) is 0 Å². The fraction of sp³-hybridized carbons (Fsp3) is 0.765. The minimum absolute atomic E-state index is 0.0445. The molecule has 0 radical (unpaired) electrons. The smallest absolute Gasteiger partial charge is 0.226 e. The van der Waals surface area contributed by atoms with Gasteiger partial charge in [-0.1, -0.05) is 19.3 Å². The van der Waals surface area contributed by atoms with Gasteiger partial charge in [0.2, 0.25) is 5.91 Å². The summed E-state index contributed by atoms with van der Waals surface area (Å²) in [6, 6.07) is 0. The van der Waals surface area contributed by atoms with Crippen LogP contribution in [0.2, 0.25) is 0 Å². The summed E-state index contributed by atoms with van der Waals surface area (Å²) in [5.41, 5.74) is 2.37. The normalized spacial score (nSPS) is 22.3. The van der Waals surface area contributed by atoms with Gasteiger partial charge < -0.3 is 10.0 Å². The minimum Gasteiger partial charge on any atom is -0.395 e. The first-order valence-corrected chi connectivity index (χ1v) is 8.68. The Bertz CT molecular complexity index is 494. The lowest BCUT2D eigenvalue weighted by atomic mass is 9.86. The monoisotopic (exact) mass is 305 g/mol. The van der Waals surface area contributed by atoms with Gasteiger partial charge in [-0.25, -0.2) is 0 Å². The Labute approximate surface area is 132 Å². The van der Waals surface area contributed by atoms with Crippen LogP contribution in [-0.4, -0.2) is 45.8 Å². The Hall–Kier alpha value is -1.36. The quantitative estimate of drug-likeness (QED) is 0.873. The number of aromatic nitrogens is 2. The Morgan fingerprint density at radius 3 is 2.91 bits per heavy atom. The number of aryl methyl sites for hydroxylation is 1. The maximum atomic E-state index is 12.9. The van der Waals surface area contributed by atoms with E-state index in [0.29, 0.717) is 12.5 Å². The summed E-state index contributed by atoms with van der Waals surface area (Å²) >= 11 is 0. The highest BCUT2D eigenvalue weighted by atomic mass is 16.3. The third kappa shape index (κ3) is 3.51. The lowest BCUT2D eigenvalue weighted by Gasteiger charge is -2.33. The van der Waals surface area contributed by atoms with Crippen LogP contribution in [0.4, 0.5) is 0 Å². The maximum absolute atomic E-state index is 12.9. The van der Waals surface area contributed by atoms with E-state index in [9.17, 15) is 9.90 Å². The molecule has 2 aliphatic carbocycles. The molecular weight excluding hydrogens is 278 g/mol. The van der Waals surface area contributed by atoms with E-state index in [1.54, 1.807) is 0 Å². The number of aliphatic hydroxyl groups is 1. The van der Waals surface area contributed by atoms with Crippen LogP contribution in [-0.2, 0) is 17.6 Å². The van der Waals surface area contributed by atoms with Crippen molar-refractivity contribution in [2.24, 2.45) is 11.8 Å². The Kier molecular flexibility index (Phi) is 5.13. The van der Waals surface area contributed by atoms with Crippen LogP contribution in [0.15, 0.2) is 6.20 Å². The lowest BCUT2D eigenvalue weighted by Crippen LogP contribution is -2.42. The summed E-state index contributed by atoms with van der Waals surface area (Å²) in [4.78, 5) is 14.8.